The van der Waals surface area contributed by atoms with Gasteiger partial charge in [0.1, 0.15) is 0 Å². The van der Waals surface area contributed by atoms with E-state index in [1.54, 1.807) is 0 Å². The lowest BCUT2D eigenvalue weighted by molar-refractivity contribution is -0.131. The van der Waals surface area contributed by atoms with Crippen LogP contribution in [0.4, 0.5) is 0 Å². The van der Waals surface area contributed by atoms with Gasteiger partial charge in [0.15, 0.2) is 0 Å². The van der Waals surface area contributed by atoms with Crippen LogP contribution in [0.5, 0.6) is 0 Å². The van der Waals surface area contributed by atoms with Crippen LogP contribution in [0.2, 0.25) is 0 Å². The molecular weight excluding hydrogens is 322 g/mol. The molecule has 4 rings (SSSR count). The number of amides is 1. The lowest BCUT2D eigenvalue weighted by atomic mass is 9.44. The number of carbonyl (C=O) groups excluding carboxylic acids is 1. The summed E-state index contributed by atoms with van der Waals surface area (Å²) >= 11 is 0. The van der Waals surface area contributed by atoms with Crippen LogP contribution < -0.4 is 5.73 Å². The van der Waals surface area contributed by atoms with E-state index in [4.69, 9.17) is 5.73 Å². The number of carbonyl (C=O) groups is 1. The fourth-order valence-corrected chi connectivity index (χ4v) is 8.67. The zero-order valence-corrected chi connectivity index (χ0v) is 17.0. The normalized spacial score (nSPS) is 51.8. The molecule has 26 heavy (non-hydrogen) atoms. The summed E-state index contributed by atoms with van der Waals surface area (Å²) in [4.78, 5) is 11.5. The van der Waals surface area contributed by atoms with Crippen molar-refractivity contribution >= 4 is 5.91 Å². The quantitative estimate of drug-likeness (QED) is 0.776. The van der Waals surface area contributed by atoms with E-state index in [-0.39, 0.29) is 12.0 Å². The highest BCUT2D eigenvalue weighted by Gasteiger charge is 2.60. The van der Waals surface area contributed by atoms with Gasteiger partial charge in [-0.15, -0.1) is 0 Å². The first-order chi connectivity index (χ1) is 12.3. The lowest BCUT2D eigenvalue weighted by Crippen LogP contribution is -2.54. The van der Waals surface area contributed by atoms with Gasteiger partial charge < -0.3 is 10.8 Å². The Labute approximate surface area is 159 Å². The Kier molecular flexibility index (Phi) is 4.69. The molecule has 0 saturated heterocycles. The molecule has 3 N–H and O–H groups in total. The van der Waals surface area contributed by atoms with Crippen molar-refractivity contribution in [1.29, 1.82) is 0 Å². The van der Waals surface area contributed by atoms with E-state index >= 15 is 0 Å². The van der Waals surface area contributed by atoms with E-state index < -0.39 is 0 Å². The maximum atomic E-state index is 11.5. The minimum atomic E-state index is -0.132. The van der Waals surface area contributed by atoms with Gasteiger partial charge in [-0.2, -0.15) is 0 Å². The summed E-state index contributed by atoms with van der Waals surface area (Å²) in [5.41, 5.74) is 6.39. The lowest BCUT2D eigenvalue weighted by Gasteiger charge is -2.61. The standard InChI is InChI=1S/C23H39NO2/c1-14(12-21(24)26)18-6-7-19-17-5-4-15-13-16(25)8-10-22(15,2)20(17)9-11-23(18,19)3/h14-20,25H,4-13H2,1-3H3,(H2,24,26)/t14-,15-,16-,17+,18-,19+,20+,22+,23-/m1/s1. The monoisotopic (exact) mass is 361 g/mol. The molecule has 0 spiro atoms. The Bertz CT molecular complexity index is 562. The zero-order valence-electron chi connectivity index (χ0n) is 17.0. The minimum Gasteiger partial charge on any atom is -0.393 e. The third kappa shape index (κ3) is 2.75. The third-order valence-electron chi connectivity index (χ3n) is 9.92. The smallest absolute Gasteiger partial charge is 0.217 e. The molecule has 1 amide bonds. The van der Waals surface area contributed by atoms with E-state index in [0.29, 0.717) is 29.1 Å². The summed E-state index contributed by atoms with van der Waals surface area (Å²) in [5.74, 6) is 4.27. The number of rotatable bonds is 3. The van der Waals surface area contributed by atoms with Gasteiger partial charge in [0.25, 0.3) is 0 Å². The molecule has 0 aromatic rings. The van der Waals surface area contributed by atoms with Crippen molar-refractivity contribution < 1.29 is 9.90 Å². The van der Waals surface area contributed by atoms with E-state index in [1.807, 2.05) is 0 Å². The van der Waals surface area contributed by atoms with Gasteiger partial charge in [-0.25, -0.2) is 0 Å². The molecule has 0 bridgehead atoms. The van der Waals surface area contributed by atoms with Crippen LogP contribution in [0, 0.1) is 46.3 Å². The second-order valence-electron chi connectivity index (χ2n) is 11.0. The average Bonchev–Trinajstić information content (AvgIpc) is 2.92. The summed E-state index contributed by atoms with van der Waals surface area (Å²) in [6.07, 6.45) is 11.8. The predicted octanol–water partition coefficient (Wildman–Crippen LogP) is 4.52. The molecule has 3 nitrogen and oxygen atoms in total. The van der Waals surface area contributed by atoms with E-state index in [2.05, 4.69) is 20.8 Å². The van der Waals surface area contributed by atoms with Crippen LogP contribution in [-0.2, 0) is 4.79 Å². The van der Waals surface area contributed by atoms with Crippen molar-refractivity contribution in [2.75, 3.05) is 0 Å². The minimum absolute atomic E-state index is 0.0519. The Morgan fingerprint density at radius 1 is 1.04 bits per heavy atom. The highest BCUT2D eigenvalue weighted by Crippen LogP contribution is 2.68. The topological polar surface area (TPSA) is 63.3 Å². The summed E-state index contributed by atoms with van der Waals surface area (Å²) in [6, 6.07) is 0. The molecule has 9 atom stereocenters. The molecule has 4 aliphatic rings. The van der Waals surface area contributed by atoms with Crippen LogP contribution in [0.3, 0.4) is 0 Å². The third-order valence-corrected chi connectivity index (χ3v) is 9.92. The maximum absolute atomic E-state index is 11.5. The first-order valence-electron chi connectivity index (χ1n) is 11.2. The van der Waals surface area contributed by atoms with E-state index in [1.165, 1.54) is 44.9 Å². The van der Waals surface area contributed by atoms with Crippen molar-refractivity contribution in [1.82, 2.24) is 0 Å². The van der Waals surface area contributed by atoms with Crippen molar-refractivity contribution in [3.8, 4) is 0 Å². The molecule has 0 aromatic carbocycles. The maximum Gasteiger partial charge on any atom is 0.217 e. The Morgan fingerprint density at radius 3 is 2.46 bits per heavy atom. The Hall–Kier alpha value is -0.570. The molecule has 0 radical (unpaired) electrons. The number of nitrogens with two attached hydrogens (primary N) is 1. The van der Waals surface area contributed by atoms with Crippen LogP contribution in [0.15, 0.2) is 0 Å². The predicted molar refractivity (Wildman–Crippen MR) is 104 cm³/mol. The summed E-state index contributed by atoms with van der Waals surface area (Å²) < 4.78 is 0. The van der Waals surface area contributed by atoms with Crippen molar-refractivity contribution in [3.63, 3.8) is 0 Å². The largest absolute Gasteiger partial charge is 0.393 e. The van der Waals surface area contributed by atoms with Gasteiger partial charge in [-0.3, -0.25) is 4.79 Å². The van der Waals surface area contributed by atoms with Crippen LogP contribution >= 0.6 is 0 Å². The van der Waals surface area contributed by atoms with Gasteiger partial charge in [0, 0.05) is 6.42 Å². The molecule has 0 aromatic heterocycles. The average molecular weight is 362 g/mol. The number of hydrogen-bond donors (Lipinski definition) is 2. The summed E-state index contributed by atoms with van der Waals surface area (Å²) in [5, 5.41) is 10.2. The van der Waals surface area contributed by atoms with Gasteiger partial charge in [-0.05, 0) is 104 Å². The van der Waals surface area contributed by atoms with E-state index in [0.717, 1.165) is 36.5 Å². The molecule has 148 valence electrons. The Balaban J connectivity index is 1.55. The molecule has 0 aliphatic heterocycles. The van der Waals surface area contributed by atoms with Crippen molar-refractivity contribution in [3.05, 3.63) is 0 Å². The first-order valence-corrected chi connectivity index (χ1v) is 11.2. The molecular formula is C23H39NO2. The van der Waals surface area contributed by atoms with Gasteiger partial charge in [0.2, 0.25) is 5.91 Å². The Morgan fingerprint density at radius 2 is 1.73 bits per heavy atom. The van der Waals surface area contributed by atoms with E-state index in [9.17, 15) is 9.90 Å². The number of aliphatic hydroxyl groups excluding tert-OH is 1. The first kappa shape index (κ1) is 18.8. The molecule has 0 heterocycles. The second-order valence-corrected chi connectivity index (χ2v) is 11.0. The zero-order chi connectivity index (χ0) is 18.7. The summed E-state index contributed by atoms with van der Waals surface area (Å²) in [6.45, 7) is 7.36. The van der Waals surface area contributed by atoms with Gasteiger partial charge in [0.05, 0.1) is 6.10 Å². The number of hydrogen-bond acceptors (Lipinski definition) is 2. The molecule has 4 aliphatic carbocycles. The second kappa shape index (κ2) is 6.50. The summed E-state index contributed by atoms with van der Waals surface area (Å²) in [7, 11) is 0. The van der Waals surface area contributed by atoms with Gasteiger partial charge in [-0.1, -0.05) is 20.8 Å². The number of fused-ring (bicyclic) bond motifs is 5. The SMILES string of the molecule is C[C@H](CC(N)=O)[C@H]1CC[C@H]2[C@@H]3CC[C@@H]4C[C@H](O)CC[C@]4(C)[C@H]3CC[C@]12C. The van der Waals surface area contributed by atoms with Crippen molar-refractivity contribution in [2.24, 2.45) is 52.1 Å². The molecule has 4 saturated carbocycles. The van der Waals surface area contributed by atoms with Crippen molar-refractivity contribution in [2.45, 2.75) is 91.1 Å². The molecule has 4 fully saturated rings. The van der Waals surface area contributed by atoms with Crippen LogP contribution in [0.25, 0.3) is 0 Å². The van der Waals surface area contributed by atoms with Gasteiger partial charge >= 0.3 is 0 Å². The number of primary amides is 1. The number of aliphatic hydroxyl groups is 1. The highest BCUT2D eigenvalue weighted by atomic mass is 16.3. The fraction of sp³-hybridized carbons (Fsp3) is 0.957. The highest BCUT2D eigenvalue weighted by molar-refractivity contribution is 5.74. The van der Waals surface area contributed by atoms with Crippen LogP contribution in [-0.4, -0.2) is 17.1 Å². The fourth-order valence-electron chi connectivity index (χ4n) is 8.67. The molecule has 0 unspecified atom stereocenters. The molecule has 3 heteroatoms. The van der Waals surface area contributed by atoms with Crippen LogP contribution in [0.1, 0.15) is 85.0 Å².